The monoisotopic (exact) mass is 908 g/mol. The van der Waals surface area contributed by atoms with E-state index >= 15 is 0 Å². The van der Waals surface area contributed by atoms with Gasteiger partial charge in [0.1, 0.15) is 24.3 Å². The molecule has 6 unspecified atom stereocenters. The Balaban J connectivity index is 1.12. The number of rotatable bonds is 11. The van der Waals surface area contributed by atoms with Crippen LogP contribution in [0.4, 0.5) is 0 Å². The summed E-state index contributed by atoms with van der Waals surface area (Å²) in [7, 11) is 2.57. The van der Waals surface area contributed by atoms with Gasteiger partial charge in [-0.3, -0.25) is 38.5 Å². The van der Waals surface area contributed by atoms with Crippen LogP contribution in [0.5, 0.6) is 0 Å². The number of aryl methyl sites for hydroxylation is 1. The van der Waals surface area contributed by atoms with Gasteiger partial charge in [0.2, 0.25) is 35.4 Å². The van der Waals surface area contributed by atoms with Crippen LogP contribution in [0, 0.1) is 0 Å². The first-order valence-electron chi connectivity index (χ1n) is 20.8. The van der Waals surface area contributed by atoms with Crippen LogP contribution in [-0.4, -0.2) is 133 Å². The van der Waals surface area contributed by atoms with Gasteiger partial charge in [-0.05, 0) is 44.7 Å². The van der Waals surface area contributed by atoms with Gasteiger partial charge >= 0.3 is 11.6 Å². The molecule has 0 aliphatic carbocycles. The molecule has 2 saturated heterocycles. The first kappa shape index (κ1) is 46.8. The molecule has 22 heteroatoms. The van der Waals surface area contributed by atoms with Gasteiger partial charge in [0, 0.05) is 65.8 Å². The van der Waals surface area contributed by atoms with Crippen molar-refractivity contribution in [3.05, 3.63) is 66.7 Å². The molecule has 6 amide bonds. The number of amides is 6. The number of imidazole rings is 1. The Morgan fingerprint density at radius 2 is 1.76 bits per heavy atom. The quantitative estimate of drug-likeness (QED) is 0.0549. The third kappa shape index (κ3) is 13.4. The van der Waals surface area contributed by atoms with Crippen molar-refractivity contribution in [3.8, 4) is 0 Å². The number of para-hydroxylation sites is 1. The fraction of sp³-hybridized carbons (Fsp3) is 0.488. The lowest BCUT2D eigenvalue weighted by Crippen LogP contribution is -2.56. The number of benzene rings is 1. The number of nitrogens with two attached hydrogens (primary N) is 1. The maximum Gasteiger partial charge on any atom is 0.307 e. The van der Waals surface area contributed by atoms with E-state index < -0.39 is 90.7 Å². The van der Waals surface area contributed by atoms with Gasteiger partial charge in [-0.2, -0.15) is 0 Å². The van der Waals surface area contributed by atoms with E-state index in [4.69, 9.17) is 10.5 Å². The fourth-order valence-corrected chi connectivity index (χ4v) is 9.81. The largest absolute Gasteiger partial charge is 0.481 e. The predicted octanol–water partition coefficient (Wildman–Crippen LogP) is -0.246. The molecule has 0 bridgehead atoms. The maximum atomic E-state index is 13.9. The number of nitrogens with one attached hydrogen (secondary N) is 6. The Kier molecular flexibility index (Phi) is 16.8. The maximum absolute atomic E-state index is 13.9. The molecule has 1 aromatic carbocycles. The summed E-state index contributed by atoms with van der Waals surface area (Å²) in [5.74, 6) is -4.75. The molecule has 5 heterocycles. The topological polar surface area (TPSA) is 275 Å². The minimum absolute atomic E-state index is 0.0241. The second-order valence-electron chi connectivity index (χ2n) is 15.6. The number of carboxylic acid groups (broad SMARTS) is 1. The zero-order valence-electron chi connectivity index (χ0n) is 34.8. The zero-order valence-corrected chi connectivity index (χ0v) is 36.5. The van der Waals surface area contributed by atoms with E-state index in [0.29, 0.717) is 31.7 Å². The lowest BCUT2D eigenvalue weighted by Gasteiger charge is -2.28. The molecule has 0 saturated carbocycles. The summed E-state index contributed by atoms with van der Waals surface area (Å²) in [5, 5.41) is 28.2. The normalized spacial score (nSPS) is 24.2. The van der Waals surface area contributed by atoms with Gasteiger partial charge < -0.3 is 47.1 Å². The number of aliphatic carboxylic acids is 1. The highest BCUT2D eigenvalue weighted by Crippen LogP contribution is 2.26. The molecular weight excluding hydrogens is 855 g/mol. The number of aromatic nitrogens is 4. The highest BCUT2D eigenvalue weighted by atomic mass is 33.1. The molecule has 2 fully saturated rings. The van der Waals surface area contributed by atoms with Crippen LogP contribution >= 0.6 is 21.6 Å². The molecule has 3 aromatic heterocycles. The Labute approximate surface area is 370 Å². The van der Waals surface area contributed by atoms with E-state index in [2.05, 4.69) is 36.7 Å². The molecule has 6 atom stereocenters. The number of hydrogen-bond acceptors (Lipinski definition) is 12. The Morgan fingerprint density at radius 3 is 2.57 bits per heavy atom. The summed E-state index contributed by atoms with van der Waals surface area (Å²) in [5.41, 5.74) is 8.52. The molecule has 4 aromatic rings. The van der Waals surface area contributed by atoms with Crippen LogP contribution < -0.4 is 36.9 Å². The van der Waals surface area contributed by atoms with Crippen LogP contribution in [0.25, 0.3) is 16.6 Å². The van der Waals surface area contributed by atoms with Crippen LogP contribution in [0.1, 0.15) is 51.0 Å². The van der Waals surface area contributed by atoms with Crippen molar-refractivity contribution in [1.29, 1.82) is 0 Å². The Bertz CT molecular complexity index is 2270. The SMILES string of the molecule is CC1CN2CC(OCc3c[nH]c4ccccc34)CC2C(=O)NC(C(N)=O)CSSCCC(=O)NC(CCCC[n+]2ccn3ncccc32)C(=O)NCC(=O)NC(CC(=O)O)C(=O)N1. The number of primary amides is 1. The molecule has 2 aliphatic rings. The van der Waals surface area contributed by atoms with E-state index in [1.807, 2.05) is 64.5 Å². The van der Waals surface area contributed by atoms with E-state index in [1.165, 1.54) is 21.6 Å². The van der Waals surface area contributed by atoms with Crippen LogP contribution in [0.3, 0.4) is 0 Å². The minimum Gasteiger partial charge on any atom is -0.481 e. The third-order valence-corrected chi connectivity index (χ3v) is 13.2. The predicted molar refractivity (Wildman–Crippen MR) is 233 cm³/mol. The number of aromatic amines is 1. The van der Waals surface area contributed by atoms with Crippen molar-refractivity contribution in [2.75, 3.05) is 31.1 Å². The number of carboxylic acids is 1. The van der Waals surface area contributed by atoms with Gasteiger partial charge in [-0.15, -0.1) is 4.52 Å². The summed E-state index contributed by atoms with van der Waals surface area (Å²) in [6, 6.07) is 6.60. The smallest absolute Gasteiger partial charge is 0.307 e. The number of hydrogen-bond donors (Lipinski definition) is 8. The number of H-pyrrole nitrogens is 1. The number of nitrogens with zero attached hydrogens (tertiary/aromatic N) is 4. The molecule has 63 heavy (non-hydrogen) atoms. The van der Waals surface area contributed by atoms with Gasteiger partial charge in [0.05, 0.1) is 44.5 Å². The fourth-order valence-electron chi connectivity index (χ4n) is 7.64. The summed E-state index contributed by atoms with van der Waals surface area (Å²) in [6.07, 6.45) is 7.87. The van der Waals surface area contributed by atoms with Crippen molar-refractivity contribution in [1.82, 2.24) is 46.1 Å². The number of fused-ring (bicyclic) bond motifs is 3. The lowest BCUT2D eigenvalue weighted by atomic mass is 10.1. The average Bonchev–Trinajstić information content (AvgIpc) is 3.98. The second kappa shape index (κ2) is 22.6. The second-order valence-corrected chi connectivity index (χ2v) is 18.2. The molecule has 9 N–H and O–H groups in total. The van der Waals surface area contributed by atoms with Crippen molar-refractivity contribution in [2.45, 2.75) is 94.9 Å². The third-order valence-electron chi connectivity index (χ3n) is 10.8. The molecule has 6 rings (SSSR count). The summed E-state index contributed by atoms with van der Waals surface area (Å²) in [4.78, 5) is 96.5. The lowest BCUT2D eigenvalue weighted by molar-refractivity contribution is -0.671. The number of ether oxygens (including phenoxy) is 1. The van der Waals surface area contributed by atoms with E-state index in [0.717, 1.165) is 22.1 Å². The highest BCUT2D eigenvalue weighted by Gasteiger charge is 2.39. The summed E-state index contributed by atoms with van der Waals surface area (Å²) >= 11 is 0. The van der Waals surface area contributed by atoms with Crippen LogP contribution in [0.2, 0.25) is 0 Å². The Morgan fingerprint density at radius 1 is 0.952 bits per heavy atom. The van der Waals surface area contributed by atoms with Crippen LogP contribution in [0.15, 0.2) is 61.2 Å². The first-order chi connectivity index (χ1) is 30.3. The van der Waals surface area contributed by atoms with Gasteiger partial charge in [0.15, 0.2) is 6.20 Å². The molecular formula is C41H54N11O9S2+. The van der Waals surface area contributed by atoms with E-state index in [-0.39, 0.29) is 38.2 Å². The minimum atomic E-state index is -1.50. The van der Waals surface area contributed by atoms with Crippen molar-refractivity contribution in [3.63, 3.8) is 0 Å². The first-order valence-corrected chi connectivity index (χ1v) is 23.3. The molecule has 20 nitrogen and oxygen atoms in total. The highest BCUT2D eigenvalue weighted by molar-refractivity contribution is 8.76. The van der Waals surface area contributed by atoms with Crippen molar-refractivity contribution < 1.29 is 48.0 Å². The Hall–Kier alpha value is -5.71. The van der Waals surface area contributed by atoms with Crippen molar-refractivity contribution in [2.24, 2.45) is 5.73 Å². The van der Waals surface area contributed by atoms with E-state index in [1.54, 1.807) is 17.6 Å². The van der Waals surface area contributed by atoms with E-state index in [9.17, 15) is 38.7 Å². The zero-order chi connectivity index (χ0) is 44.9. The van der Waals surface area contributed by atoms with Crippen molar-refractivity contribution >= 4 is 79.6 Å². The van der Waals surface area contributed by atoms with Crippen LogP contribution in [-0.2, 0) is 51.5 Å². The average molecular weight is 909 g/mol. The molecule has 2 aliphatic heterocycles. The molecule has 0 spiro atoms. The molecule has 338 valence electrons. The number of unbranched alkanes of at least 4 members (excludes halogenated alkanes) is 1. The van der Waals surface area contributed by atoms with Gasteiger partial charge in [-0.1, -0.05) is 44.9 Å². The van der Waals surface area contributed by atoms with Gasteiger partial charge in [-0.25, -0.2) is 4.57 Å². The summed E-state index contributed by atoms with van der Waals surface area (Å²) < 4.78 is 10.1. The standard InChI is InChI=1S/C41H53N11O9S2/c1-25-21-51-22-27(61-23-26-19-43-29-8-3-2-7-28(26)29)17-33(51)41(60)49-32(38(42)57)24-63-62-16-11-34(53)47-30(9-4-5-13-50-14-15-52-36(50)10-6-12-45-52)39(58)44-20-35(54)48-31(18-37(55)56)40(59)46-25/h2-3,6-8,10,12,14-15,19,25,27,30-33,43H,4-5,9,11,13,16-18,20-24H2,1H3,(H7-,42,44,46,47,48,49,53,54,55,56,57,58,59,60)/p+1. The molecule has 0 radical (unpaired) electrons. The summed E-state index contributed by atoms with van der Waals surface area (Å²) in [6.45, 7) is 2.42. The van der Waals surface area contributed by atoms with Gasteiger partial charge in [0.25, 0.3) is 0 Å². The number of carbonyl (C=O) groups is 7. The number of carbonyl (C=O) groups excluding carboxylic acids is 6.